The van der Waals surface area contributed by atoms with Crippen LogP contribution in [0.2, 0.25) is 0 Å². The van der Waals surface area contributed by atoms with Crippen LogP contribution in [0.15, 0.2) is 41.3 Å². The van der Waals surface area contributed by atoms with E-state index < -0.39 is 0 Å². The van der Waals surface area contributed by atoms with Crippen LogP contribution in [0.5, 0.6) is 0 Å². The zero-order valence-corrected chi connectivity index (χ0v) is 12.2. The van der Waals surface area contributed by atoms with Gasteiger partial charge in [0.15, 0.2) is 0 Å². The van der Waals surface area contributed by atoms with Crippen molar-refractivity contribution in [3.8, 4) is 0 Å². The third kappa shape index (κ3) is 3.51. The fourth-order valence-corrected chi connectivity index (χ4v) is 2.21. The van der Waals surface area contributed by atoms with Gasteiger partial charge >= 0.3 is 0 Å². The summed E-state index contributed by atoms with van der Waals surface area (Å²) in [5.74, 6) is -0.244. The number of pyridine rings is 1. The summed E-state index contributed by atoms with van der Waals surface area (Å²) in [6.45, 7) is 3.93. The molecule has 110 valence electrons. The Labute approximate surface area is 123 Å². The molecule has 1 aromatic carbocycles. The van der Waals surface area contributed by atoms with E-state index in [0.29, 0.717) is 5.69 Å². The van der Waals surface area contributed by atoms with Crippen LogP contribution in [0.4, 0.5) is 11.4 Å². The summed E-state index contributed by atoms with van der Waals surface area (Å²) >= 11 is 0. The molecule has 0 aliphatic heterocycles. The molecule has 2 rings (SSSR count). The predicted octanol–water partition coefficient (Wildman–Crippen LogP) is 1.94. The van der Waals surface area contributed by atoms with Crippen molar-refractivity contribution < 1.29 is 4.79 Å². The number of nitrogens with zero attached hydrogens (tertiary/aromatic N) is 1. The van der Waals surface area contributed by atoms with E-state index in [1.165, 1.54) is 22.9 Å². The van der Waals surface area contributed by atoms with Crippen LogP contribution in [0.25, 0.3) is 0 Å². The van der Waals surface area contributed by atoms with Gasteiger partial charge in [0.2, 0.25) is 5.91 Å². The summed E-state index contributed by atoms with van der Waals surface area (Å²) in [5, 5.41) is 2.89. The molecule has 3 N–H and O–H groups in total. The highest BCUT2D eigenvalue weighted by molar-refractivity contribution is 5.92. The second kappa shape index (κ2) is 6.26. The maximum Gasteiger partial charge on any atom is 0.251 e. The Kier molecular flexibility index (Phi) is 4.42. The topological polar surface area (TPSA) is 77.1 Å². The zero-order valence-electron chi connectivity index (χ0n) is 12.2. The Bertz CT molecular complexity index is 720. The Morgan fingerprint density at radius 1 is 1.29 bits per heavy atom. The van der Waals surface area contributed by atoms with Crippen molar-refractivity contribution in [2.24, 2.45) is 0 Å². The fraction of sp³-hybridized carbons (Fsp3) is 0.250. The van der Waals surface area contributed by atoms with Crippen LogP contribution in [0, 0.1) is 6.92 Å². The summed E-state index contributed by atoms with van der Waals surface area (Å²) in [6.07, 6.45) is 2.30. The van der Waals surface area contributed by atoms with Crippen molar-refractivity contribution in [1.29, 1.82) is 0 Å². The monoisotopic (exact) mass is 285 g/mol. The van der Waals surface area contributed by atoms with Crippen molar-refractivity contribution in [2.75, 3.05) is 11.1 Å². The lowest BCUT2D eigenvalue weighted by atomic mass is 10.1. The number of benzene rings is 1. The lowest BCUT2D eigenvalue weighted by molar-refractivity contribution is -0.116. The number of rotatable bonds is 4. The van der Waals surface area contributed by atoms with Crippen molar-refractivity contribution >= 4 is 17.3 Å². The number of para-hydroxylation sites is 1. The average Bonchev–Trinajstić information content (AvgIpc) is 2.45. The number of aryl methyl sites for hydroxylation is 2. The van der Waals surface area contributed by atoms with Gasteiger partial charge in [0.25, 0.3) is 5.56 Å². The van der Waals surface area contributed by atoms with E-state index in [4.69, 9.17) is 5.73 Å². The van der Waals surface area contributed by atoms with Crippen LogP contribution in [-0.4, -0.2) is 10.5 Å². The van der Waals surface area contributed by atoms with E-state index in [2.05, 4.69) is 5.32 Å². The highest BCUT2D eigenvalue weighted by Crippen LogP contribution is 2.20. The number of carbonyl (C=O) groups is 1. The predicted molar refractivity (Wildman–Crippen MR) is 84.3 cm³/mol. The maximum atomic E-state index is 12.2. The number of carbonyl (C=O) groups excluding carboxylic acids is 1. The molecule has 0 atom stereocenters. The normalized spacial score (nSPS) is 10.4. The molecule has 0 saturated heterocycles. The van der Waals surface area contributed by atoms with Crippen molar-refractivity contribution in [3.63, 3.8) is 0 Å². The van der Waals surface area contributed by atoms with E-state index in [1.807, 2.05) is 32.0 Å². The molecule has 0 saturated carbocycles. The molecule has 1 aromatic heterocycles. The first-order chi connectivity index (χ1) is 10.0. The molecule has 0 aliphatic carbocycles. The quantitative estimate of drug-likeness (QED) is 0.901. The van der Waals surface area contributed by atoms with Gasteiger partial charge in [-0.2, -0.15) is 0 Å². The minimum Gasteiger partial charge on any atom is -0.398 e. The van der Waals surface area contributed by atoms with E-state index in [-0.39, 0.29) is 18.0 Å². The van der Waals surface area contributed by atoms with Gasteiger partial charge in [0.05, 0.1) is 0 Å². The maximum absolute atomic E-state index is 12.2. The highest BCUT2D eigenvalue weighted by atomic mass is 16.2. The van der Waals surface area contributed by atoms with Crippen molar-refractivity contribution in [3.05, 3.63) is 58.0 Å². The van der Waals surface area contributed by atoms with Gasteiger partial charge in [-0.05, 0) is 30.5 Å². The molecule has 5 heteroatoms. The number of nitrogens with one attached hydrogen (secondary N) is 1. The molecule has 1 heterocycles. The summed E-state index contributed by atoms with van der Waals surface area (Å²) in [5.41, 5.74) is 8.73. The van der Waals surface area contributed by atoms with Gasteiger partial charge in [-0.3, -0.25) is 9.59 Å². The van der Waals surface area contributed by atoms with Gasteiger partial charge in [0.1, 0.15) is 6.54 Å². The lowest BCUT2D eigenvalue weighted by Crippen LogP contribution is -2.27. The second-order valence-corrected chi connectivity index (χ2v) is 4.94. The van der Waals surface area contributed by atoms with Gasteiger partial charge in [0, 0.05) is 23.6 Å². The summed E-state index contributed by atoms with van der Waals surface area (Å²) in [6, 6.07) is 8.77. The molecule has 0 aliphatic rings. The van der Waals surface area contributed by atoms with Crippen LogP contribution in [0.1, 0.15) is 18.1 Å². The molecular weight excluding hydrogens is 266 g/mol. The van der Waals surface area contributed by atoms with Crippen molar-refractivity contribution in [2.45, 2.75) is 26.8 Å². The van der Waals surface area contributed by atoms with Gasteiger partial charge in [-0.25, -0.2) is 0 Å². The van der Waals surface area contributed by atoms with E-state index >= 15 is 0 Å². The smallest absolute Gasteiger partial charge is 0.251 e. The zero-order chi connectivity index (χ0) is 15.4. The summed E-state index contributed by atoms with van der Waals surface area (Å²) < 4.78 is 1.30. The minimum atomic E-state index is -0.250. The van der Waals surface area contributed by atoms with E-state index in [9.17, 15) is 9.59 Å². The first-order valence-electron chi connectivity index (χ1n) is 6.85. The van der Waals surface area contributed by atoms with Crippen LogP contribution in [0.3, 0.4) is 0 Å². The molecule has 0 radical (unpaired) electrons. The molecule has 1 amide bonds. The number of amides is 1. The number of hydrogen-bond acceptors (Lipinski definition) is 3. The number of nitrogens with two attached hydrogens (primary N) is 1. The Morgan fingerprint density at radius 3 is 2.76 bits per heavy atom. The molecular formula is C16H19N3O2. The van der Waals surface area contributed by atoms with Crippen molar-refractivity contribution in [1.82, 2.24) is 4.57 Å². The SMILES string of the molecule is CCc1cccc(C)c1NC(=O)Cn1cc(N)ccc1=O. The molecule has 0 unspecified atom stereocenters. The van der Waals surface area contributed by atoms with E-state index in [0.717, 1.165) is 23.2 Å². The second-order valence-electron chi connectivity index (χ2n) is 4.94. The molecule has 0 fully saturated rings. The standard InChI is InChI=1S/C16H19N3O2/c1-3-12-6-4-5-11(2)16(12)18-14(20)10-19-9-13(17)7-8-15(19)21/h4-9H,3,10,17H2,1-2H3,(H,18,20). The number of hydrogen-bond donors (Lipinski definition) is 2. The lowest BCUT2D eigenvalue weighted by Gasteiger charge is -2.13. The third-order valence-corrected chi connectivity index (χ3v) is 3.32. The molecule has 0 bridgehead atoms. The van der Waals surface area contributed by atoms with Crippen LogP contribution in [-0.2, 0) is 17.8 Å². The molecule has 0 spiro atoms. The minimum absolute atomic E-state index is 0.0542. The number of aromatic nitrogens is 1. The first kappa shape index (κ1) is 14.8. The molecule has 5 nitrogen and oxygen atoms in total. The first-order valence-corrected chi connectivity index (χ1v) is 6.85. The third-order valence-electron chi connectivity index (χ3n) is 3.32. The van der Waals surface area contributed by atoms with E-state index in [1.54, 1.807) is 0 Å². The Hall–Kier alpha value is -2.56. The van der Waals surface area contributed by atoms with Crippen LogP contribution < -0.4 is 16.6 Å². The largest absolute Gasteiger partial charge is 0.398 e. The number of nitrogen functional groups attached to an aromatic ring is 1. The molecule has 2 aromatic rings. The van der Waals surface area contributed by atoms with Gasteiger partial charge < -0.3 is 15.6 Å². The highest BCUT2D eigenvalue weighted by Gasteiger charge is 2.10. The van der Waals surface area contributed by atoms with Crippen LogP contribution >= 0.6 is 0 Å². The Morgan fingerprint density at radius 2 is 2.05 bits per heavy atom. The van der Waals surface area contributed by atoms with Gasteiger partial charge in [-0.1, -0.05) is 25.1 Å². The Balaban J connectivity index is 2.19. The number of anilines is 2. The fourth-order valence-electron chi connectivity index (χ4n) is 2.21. The molecule has 21 heavy (non-hydrogen) atoms. The van der Waals surface area contributed by atoms with Gasteiger partial charge in [-0.15, -0.1) is 0 Å². The summed E-state index contributed by atoms with van der Waals surface area (Å²) in [7, 11) is 0. The average molecular weight is 285 g/mol. The summed E-state index contributed by atoms with van der Waals surface area (Å²) in [4.78, 5) is 23.8.